The number of allylic oxidation sites excluding steroid dienone is 4. The van der Waals surface area contributed by atoms with Crippen LogP contribution in [-0.4, -0.2) is 50.2 Å². The highest BCUT2D eigenvalue weighted by Crippen LogP contribution is 2.55. The Hall–Kier alpha value is -3.59. The van der Waals surface area contributed by atoms with E-state index in [1.165, 1.54) is 7.11 Å². The summed E-state index contributed by atoms with van der Waals surface area (Å²) in [6.45, 7) is 8.23. The van der Waals surface area contributed by atoms with Crippen molar-refractivity contribution in [2.24, 2.45) is 10.8 Å². The van der Waals surface area contributed by atoms with E-state index in [2.05, 4.69) is 53.8 Å². The van der Waals surface area contributed by atoms with E-state index < -0.39 is 5.92 Å². The number of nitrogens with one attached hydrogen (secondary N) is 1. The van der Waals surface area contributed by atoms with Gasteiger partial charge in [-0.25, -0.2) is 0 Å². The van der Waals surface area contributed by atoms with Crippen LogP contribution in [0.1, 0.15) is 64.9 Å². The maximum atomic E-state index is 13.8. The number of hydrogen-bond donors (Lipinski definition) is 1. The van der Waals surface area contributed by atoms with Gasteiger partial charge in [-0.2, -0.15) is 0 Å². The molecule has 228 valence electrons. The van der Waals surface area contributed by atoms with E-state index in [4.69, 9.17) is 14.2 Å². The first-order valence-corrected chi connectivity index (χ1v) is 15.2. The van der Waals surface area contributed by atoms with Gasteiger partial charge in [-0.05, 0) is 81.6 Å². The summed E-state index contributed by atoms with van der Waals surface area (Å²) in [6, 6.07) is 10.7. The first-order chi connectivity index (χ1) is 20.2. The molecule has 1 N–H and O–H groups in total. The van der Waals surface area contributed by atoms with Crippen LogP contribution in [0.15, 0.2) is 63.4 Å². The van der Waals surface area contributed by atoms with Crippen LogP contribution in [-0.2, 0) is 14.4 Å². The molecular weight excluding hydrogens is 612 g/mol. The third-order valence-electron chi connectivity index (χ3n) is 8.49. The molecule has 0 radical (unpaired) electrons. The van der Waals surface area contributed by atoms with Gasteiger partial charge in [0.15, 0.2) is 29.7 Å². The van der Waals surface area contributed by atoms with E-state index in [0.717, 1.165) is 29.8 Å². The Labute approximate surface area is 261 Å². The van der Waals surface area contributed by atoms with E-state index in [1.807, 2.05) is 19.2 Å². The number of benzene rings is 2. The predicted octanol–water partition coefficient (Wildman–Crippen LogP) is 6.80. The largest absolute Gasteiger partial charge is 0.497 e. The quantitative estimate of drug-likeness (QED) is 0.352. The molecule has 5 rings (SSSR count). The zero-order valence-corrected chi connectivity index (χ0v) is 27.4. The molecule has 0 atom stereocenters. The normalized spacial score (nSPS) is 19.6. The van der Waals surface area contributed by atoms with E-state index in [1.54, 1.807) is 31.4 Å². The van der Waals surface area contributed by atoms with Gasteiger partial charge < -0.3 is 24.4 Å². The maximum Gasteiger partial charge on any atom is 0.262 e. The van der Waals surface area contributed by atoms with Crippen LogP contribution in [0.5, 0.6) is 17.2 Å². The molecule has 3 aliphatic rings. The van der Waals surface area contributed by atoms with Crippen molar-refractivity contribution in [1.29, 1.82) is 0 Å². The average Bonchev–Trinajstić information content (AvgIpc) is 2.92. The first kappa shape index (κ1) is 30.9. The Balaban J connectivity index is 1.50. The molecule has 2 aliphatic carbocycles. The number of rotatable bonds is 7. The lowest BCUT2D eigenvalue weighted by atomic mass is 9.64. The molecule has 0 fully saturated rings. The van der Waals surface area contributed by atoms with Crippen LogP contribution in [0.4, 0.5) is 5.69 Å². The molecule has 0 saturated heterocycles. The molecule has 43 heavy (non-hydrogen) atoms. The van der Waals surface area contributed by atoms with Crippen LogP contribution in [0.25, 0.3) is 0 Å². The van der Waals surface area contributed by atoms with Crippen molar-refractivity contribution in [3.8, 4) is 17.2 Å². The van der Waals surface area contributed by atoms with E-state index in [9.17, 15) is 14.4 Å². The maximum absolute atomic E-state index is 13.8. The van der Waals surface area contributed by atoms with Crippen LogP contribution < -0.4 is 19.5 Å². The summed E-state index contributed by atoms with van der Waals surface area (Å²) >= 11 is 3.63. The molecule has 0 saturated carbocycles. The van der Waals surface area contributed by atoms with E-state index in [-0.39, 0.29) is 34.9 Å². The molecule has 2 aromatic carbocycles. The number of anilines is 1. The standard InChI is InChI=1S/C34H39BrN2O6/c1-33(2)14-23-30(25(38)16-33)29(31-24(37(23)5)15-34(3,4)17-26(31)39)19-12-22(35)32(27(13-19)42-7)43-18-28(40)36-20-8-10-21(41-6)11-9-20/h8-13,29H,14-18H2,1-7H3,(H,36,40). The number of methoxy groups -OCH3 is 2. The van der Waals surface area contributed by atoms with Crippen LogP contribution in [0.3, 0.4) is 0 Å². The Bertz CT molecular complexity index is 1500. The fourth-order valence-electron chi connectivity index (χ4n) is 6.55. The Morgan fingerprint density at radius 1 is 0.907 bits per heavy atom. The van der Waals surface area contributed by atoms with E-state index >= 15 is 0 Å². The van der Waals surface area contributed by atoms with Crippen molar-refractivity contribution in [2.45, 2.75) is 59.3 Å². The van der Waals surface area contributed by atoms with Crippen molar-refractivity contribution < 1.29 is 28.6 Å². The highest BCUT2D eigenvalue weighted by Gasteiger charge is 2.48. The smallest absolute Gasteiger partial charge is 0.262 e. The molecule has 1 amide bonds. The van der Waals surface area contributed by atoms with Crippen molar-refractivity contribution in [3.05, 3.63) is 69.0 Å². The number of hydrogen-bond acceptors (Lipinski definition) is 7. The zero-order chi connectivity index (χ0) is 31.3. The topological polar surface area (TPSA) is 94.2 Å². The summed E-state index contributed by atoms with van der Waals surface area (Å²) in [6.07, 6.45) is 2.33. The summed E-state index contributed by atoms with van der Waals surface area (Å²) in [5, 5.41) is 2.81. The first-order valence-electron chi connectivity index (χ1n) is 14.4. The number of carbonyl (C=O) groups excluding carboxylic acids is 3. The molecule has 2 aromatic rings. The molecule has 0 bridgehead atoms. The van der Waals surface area contributed by atoms with E-state index in [0.29, 0.717) is 51.4 Å². The molecule has 0 unspecified atom stereocenters. The van der Waals surface area contributed by atoms with Gasteiger partial charge in [0.05, 0.1) is 18.7 Å². The number of nitrogens with zero attached hydrogens (tertiary/aromatic N) is 1. The van der Waals surface area contributed by atoms with Gasteiger partial charge in [0.1, 0.15) is 5.75 Å². The minimum atomic E-state index is -0.508. The van der Waals surface area contributed by atoms with Gasteiger partial charge in [0, 0.05) is 54.0 Å². The minimum Gasteiger partial charge on any atom is -0.497 e. The summed E-state index contributed by atoms with van der Waals surface area (Å²) in [7, 11) is 5.11. The van der Waals surface area contributed by atoms with Crippen molar-refractivity contribution in [2.75, 3.05) is 33.2 Å². The molecule has 9 heteroatoms. The molecule has 0 spiro atoms. The van der Waals surface area contributed by atoms with Gasteiger partial charge >= 0.3 is 0 Å². The van der Waals surface area contributed by atoms with Crippen LogP contribution in [0.2, 0.25) is 0 Å². The molecular formula is C34H39BrN2O6. The lowest BCUT2D eigenvalue weighted by Crippen LogP contribution is -2.43. The lowest BCUT2D eigenvalue weighted by molar-refractivity contribution is -0.120. The van der Waals surface area contributed by atoms with Crippen LogP contribution in [0, 0.1) is 10.8 Å². The van der Waals surface area contributed by atoms with Gasteiger partial charge in [0.25, 0.3) is 5.91 Å². The summed E-state index contributed by atoms with van der Waals surface area (Å²) < 4.78 is 17.4. The second kappa shape index (κ2) is 11.5. The highest BCUT2D eigenvalue weighted by atomic mass is 79.9. The van der Waals surface area contributed by atoms with Crippen molar-refractivity contribution in [1.82, 2.24) is 4.90 Å². The highest BCUT2D eigenvalue weighted by molar-refractivity contribution is 9.10. The number of ether oxygens (including phenoxy) is 3. The fourth-order valence-corrected chi connectivity index (χ4v) is 7.13. The summed E-state index contributed by atoms with van der Waals surface area (Å²) in [5.74, 6) is 0.739. The van der Waals surface area contributed by atoms with Gasteiger partial charge in [-0.3, -0.25) is 14.4 Å². The second-order valence-electron chi connectivity index (χ2n) is 13.2. The van der Waals surface area contributed by atoms with Crippen molar-refractivity contribution in [3.63, 3.8) is 0 Å². The Kier molecular flexibility index (Phi) is 8.24. The van der Waals surface area contributed by atoms with Crippen molar-refractivity contribution >= 4 is 39.1 Å². The summed E-state index contributed by atoms with van der Waals surface area (Å²) in [4.78, 5) is 42.4. The lowest BCUT2D eigenvalue weighted by Gasteiger charge is -2.48. The summed E-state index contributed by atoms with van der Waals surface area (Å²) in [5.41, 5.74) is 4.39. The second-order valence-corrected chi connectivity index (χ2v) is 14.0. The SMILES string of the molecule is COc1ccc(NC(=O)COc2c(Br)cc(C3C4=C(CC(C)(C)CC4=O)N(C)C4=C3C(=O)CC(C)(C)C4)cc2OC)cc1. The fraction of sp³-hybridized carbons (Fsp3) is 0.441. The predicted molar refractivity (Wildman–Crippen MR) is 168 cm³/mol. The number of Topliss-reactive ketones (excluding diaryl/α,β-unsaturated/α-hetero) is 2. The number of halogens is 1. The van der Waals surface area contributed by atoms with Gasteiger partial charge in [0.2, 0.25) is 0 Å². The third-order valence-corrected chi connectivity index (χ3v) is 9.08. The Morgan fingerprint density at radius 2 is 1.47 bits per heavy atom. The number of ketones is 2. The van der Waals surface area contributed by atoms with Gasteiger partial charge in [-0.15, -0.1) is 0 Å². The number of amides is 1. The molecule has 1 heterocycles. The third kappa shape index (κ3) is 6.09. The molecule has 0 aromatic heterocycles. The van der Waals surface area contributed by atoms with Crippen LogP contribution >= 0.6 is 15.9 Å². The molecule has 8 nitrogen and oxygen atoms in total. The van der Waals surface area contributed by atoms with Gasteiger partial charge in [-0.1, -0.05) is 27.7 Å². The molecule has 1 aliphatic heterocycles. The Morgan fingerprint density at radius 3 is 1.98 bits per heavy atom. The minimum absolute atomic E-state index is 0.0675. The number of carbonyl (C=O) groups is 3. The zero-order valence-electron chi connectivity index (χ0n) is 25.9. The monoisotopic (exact) mass is 650 g/mol. The average molecular weight is 652 g/mol.